The normalized spacial score (nSPS) is 21.0. The van der Waals surface area contributed by atoms with Crippen molar-refractivity contribution >= 4 is 17.9 Å². The summed E-state index contributed by atoms with van der Waals surface area (Å²) in [4.78, 5) is 12.0. The van der Waals surface area contributed by atoms with Gasteiger partial charge in [-0.1, -0.05) is 24.3 Å². The van der Waals surface area contributed by atoms with E-state index in [0.717, 1.165) is 6.42 Å². The second-order valence-corrected chi connectivity index (χ2v) is 7.42. The monoisotopic (exact) mass is 309 g/mol. The minimum Gasteiger partial charge on any atom is -0.444 e. The summed E-state index contributed by atoms with van der Waals surface area (Å²) >= 11 is 1.67. The lowest BCUT2D eigenvalue weighted by Crippen LogP contribution is -2.40. The van der Waals surface area contributed by atoms with Crippen LogP contribution in [-0.2, 0) is 11.2 Å². The molecule has 1 unspecified atom stereocenters. The first-order valence-electron chi connectivity index (χ1n) is 7.20. The summed E-state index contributed by atoms with van der Waals surface area (Å²) in [5.41, 5.74) is 2.01. The van der Waals surface area contributed by atoms with Gasteiger partial charge in [-0.15, -0.1) is 11.8 Å². The van der Waals surface area contributed by atoms with Gasteiger partial charge in [-0.2, -0.15) is 0 Å². The van der Waals surface area contributed by atoms with E-state index < -0.39 is 5.60 Å². The third kappa shape index (κ3) is 4.38. The van der Waals surface area contributed by atoms with Crippen molar-refractivity contribution in [1.82, 2.24) is 5.32 Å². The number of thioether (sulfide) groups is 1. The third-order valence-electron chi connectivity index (χ3n) is 3.26. The molecule has 2 N–H and O–H groups in total. The van der Waals surface area contributed by atoms with Gasteiger partial charge in [-0.25, -0.2) is 4.79 Å². The number of aliphatic hydroxyl groups is 1. The number of ether oxygens (including phenoxy) is 1. The van der Waals surface area contributed by atoms with E-state index in [-0.39, 0.29) is 24.0 Å². The van der Waals surface area contributed by atoms with Crippen molar-refractivity contribution in [3.05, 3.63) is 35.4 Å². The highest BCUT2D eigenvalue weighted by molar-refractivity contribution is 7.99. The molecular weight excluding hydrogens is 286 g/mol. The largest absolute Gasteiger partial charge is 0.444 e. The molecule has 1 aliphatic rings. The Kier molecular flexibility index (Phi) is 5.17. The molecule has 21 heavy (non-hydrogen) atoms. The molecule has 1 amide bonds. The number of aliphatic hydroxyl groups excluding tert-OH is 1. The molecule has 2 rings (SSSR count). The summed E-state index contributed by atoms with van der Waals surface area (Å²) in [6, 6.07) is 8.23. The predicted molar refractivity (Wildman–Crippen MR) is 85.6 cm³/mol. The lowest BCUT2D eigenvalue weighted by molar-refractivity contribution is 0.0506. The average molecular weight is 309 g/mol. The van der Waals surface area contributed by atoms with E-state index in [9.17, 15) is 4.79 Å². The molecule has 1 aliphatic carbocycles. The maximum absolute atomic E-state index is 12.0. The summed E-state index contributed by atoms with van der Waals surface area (Å²) < 4.78 is 5.34. The zero-order valence-electron chi connectivity index (χ0n) is 12.8. The molecule has 0 aliphatic heterocycles. The van der Waals surface area contributed by atoms with Crippen LogP contribution in [0, 0.1) is 0 Å². The smallest absolute Gasteiger partial charge is 0.407 e. The number of carbonyl (C=O) groups excluding carboxylic acids is 1. The fraction of sp³-hybridized carbons (Fsp3) is 0.562. The Labute approximate surface area is 130 Å². The number of nitrogens with one attached hydrogen (secondary N) is 1. The van der Waals surface area contributed by atoms with Crippen LogP contribution in [0.2, 0.25) is 0 Å². The molecule has 0 aromatic heterocycles. The van der Waals surface area contributed by atoms with Crippen molar-refractivity contribution in [1.29, 1.82) is 0 Å². The Bertz CT molecular complexity index is 499. The van der Waals surface area contributed by atoms with Gasteiger partial charge >= 0.3 is 6.09 Å². The van der Waals surface area contributed by atoms with Gasteiger partial charge in [-0.3, -0.25) is 0 Å². The molecular formula is C16H23NO3S. The Balaban J connectivity index is 2.07. The maximum Gasteiger partial charge on any atom is 0.407 e. The van der Waals surface area contributed by atoms with Gasteiger partial charge in [0.1, 0.15) is 5.60 Å². The molecule has 0 bridgehead atoms. The Morgan fingerprint density at radius 1 is 1.43 bits per heavy atom. The Hall–Kier alpha value is -1.20. The van der Waals surface area contributed by atoms with E-state index in [0.29, 0.717) is 5.75 Å². The zero-order valence-corrected chi connectivity index (χ0v) is 13.6. The van der Waals surface area contributed by atoms with Crippen molar-refractivity contribution in [3.63, 3.8) is 0 Å². The number of amides is 1. The van der Waals surface area contributed by atoms with Gasteiger partial charge in [-0.05, 0) is 38.3 Å². The standard InChI is InChI=1S/C16H23NO3S/c1-16(2,3)20-15(19)17-13-10-11-6-4-5-7-12(11)14(13)21-9-8-18/h4-7,13-14,18H,8-10H2,1-3H3,(H,17,19)/t13?,14-/m1/s1. The fourth-order valence-electron chi connectivity index (χ4n) is 2.53. The highest BCUT2D eigenvalue weighted by Gasteiger charge is 2.34. The molecule has 116 valence electrons. The van der Waals surface area contributed by atoms with E-state index in [4.69, 9.17) is 9.84 Å². The van der Waals surface area contributed by atoms with E-state index in [1.165, 1.54) is 11.1 Å². The number of rotatable bonds is 4. The second kappa shape index (κ2) is 6.71. The summed E-state index contributed by atoms with van der Waals surface area (Å²) in [5.74, 6) is 0.658. The van der Waals surface area contributed by atoms with Crippen LogP contribution >= 0.6 is 11.8 Å². The summed E-state index contributed by atoms with van der Waals surface area (Å²) in [6.45, 7) is 5.71. The van der Waals surface area contributed by atoms with E-state index >= 15 is 0 Å². The lowest BCUT2D eigenvalue weighted by Gasteiger charge is -2.24. The molecule has 1 aromatic carbocycles. The van der Waals surface area contributed by atoms with Crippen molar-refractivity contribution in [3.8, 4) is 0 Å². The number of alkyl carbamates (subject to hydrolysis) is 1. The van der Waals surface area contributed by atoms with Gasteiger partial charge in [0.15, 0.2) is 0 Å². The maximum atomic E-state index is 12.0. The lowest BCUT2D eigenvalue weighted by atomic mass is 10.1. The summed E-state index contributed by atoms with van der Waals surface area (Å²) in [5, 5.41) is 12.2. The van der Waals surface area contributed by atoms with Crippen molar-refractivity contribution in [2.45, 2.75) is 44.1 Å². The number of hydrogen-bond acceptors (Lipinski definition) is 4. The van der Waals surface area contributed by atoms with Crippen LogP contribution in [0.25, 0.3) is 0 Å². The molecule has 5 heteroatoms. The minimum absolute atomic E-state index is 0.00815. The van der Waals surface area contributed by atoms with E-state index in [1.54, 1.807) is 11.8 Å². The highest BCUT2D eigenvalue weighted by Crippen LogP contribution is 2.41. The molecule has 0 radical (unpaired) electrons. The summed E-state index contributed by atoms with van der Waals surface area (Å²) in [7, 11) is 0. The molecule has 2 atom stereocenters. The molecule has 4 nitrogen and oxygen atoms in total. The van der Waals surface area contributed by atoms with Crippen LogP contribution in [0.1, 0.15) is 37.1 Å². The molecule has 0 saturated carbocycles. The van der Waals surface area contributed by atoms with Gasteiger partial charge in [0.25, 0.3) is 0 Å². The van der Waals surface area contributed by atoms with E-state index in [2.05, 4.69) is 17.4 Å². The SMILES string of the molecule is CC(C)(C)OC(=O)NC1Cc2ccccc2[C@H]1SCCO. The third-order valence-corrected chi connectivity index (χ3v) is 4.62. The molecule has 0 saturated heterocycles. The quantitative estimate of drug-likeness (QED) is 0.898. The Morgan fingerprint density at radius 2 is 2.14 bits per heavy atom. The van der Waals surface area contributed by atoms with Crippen molar-refractivity contribution in [2.75, 3.05) is 12.4 Å². The molecule has 0 heterocycles. The van der Waals surface area contributed by atoms with Crippen LogP contribution < -0.4 is 5.32 Å². The molecule has 0 fully saturated rings. The zero-order chi connectivity index (χ0) is 15.5. The van der Waals surface area contributed by atoms with Crippen LogP contribution in [0.4, 0.5) is 4.79 Å². The topological polar surface area (TPSA) is 58.6 Å². The average Bonchev–Trinajstić information content (AvgIpc) is 2.71. The van der Waals surface area contributed by atoms with Crippen LogP contribution in [-0.4, -0.2) is 35.2 Å². The number of fused-ring (bicyclic) bond motifs is 1. The van der Waals surface area contributed by atoms with Gasteiger partial charge in [0.05, 0.1) is 17.9 Å². The fourth-order valence-corrected chi connectivity index (χ4v) is 3.70. The van der Waals surface area contributed by atoms with Crippen LogP contribution in [0.5, 0.6) is 0 Å². The Morgan fingerprint density at radius 3 is 2.81 bits per heavy atom. The predicted octanol–water partition coefficient (Wildman–Crippen LogP) is 2.90. The highest BCUT2D eigenvalue weighted by atomic mass is 32.2. The first-order valence-corrected chi connectivity index (χ1v) is 8.25. The first kappa shape index (κ1) is 16.2. The summed E-state index contributed by atoms with van der Waals surface area (Å²) in [6.07, 6.45) is 0.424. The first-order chi connectivity index (χ1) is 9.90. The van der Waals surface area contributed by atoms with Crippen molar-refractivity contribution in [2.24, 2.45) is 0 Å². The van der Waals surface area contributed by atoms with Crippen LogP contribution in [0.15, 0.2) is 24.3 Å². The number of carbonyl (C=O) groups is 1. The van der Waals surface area contributed by atoms with Gasteiger partial charge in [0, 0.05) is 5.75 Å². The van der Waals surface area contributed by atoms with Gasteiger partial charge in [0.2, 0.25) is 0 Å². The van der Waals surface area contributed by atoms with E-state index in [1.807, 2.05) is 32.9 Å². The van der Waals surface area contributed by atoms with Crippen molar-refractivity contribution < 1.29 is 14.6 Å². The molecule has 1 aromatic rings. The van der Waals surface area contributed by atoms with Gasteiger partial charge < -0.3 is 15.2 Å². The number of hydrogen-bond donors (Lipinski definition) is 2. The van der Waals surface area contributed by atoms with Crippen LogP contribution in [0.3, 0.4) is 0 Å². The second-order valence-electron chi connectivity index (χ2n) is 6.17. The number of benzene rings is 1. The molecule has 0 spiro atoms. The minimum atomic E-state index is -0.497.